The minimum absolute atomic E-state index is 0.0608. The second kappa shape index (κ2) is 4.67. The van der Waals surface area contributed by atoms with E-state index in [2.05, 4.69) is 14.9 Å². The van der Waals surface area contributed by atoms with Crippen molar-refractivity contribution < 1.29 is 4.92 Å². The first-order valence-corrected chi connectivity index (χ1v) is 5.34. The van der Waals surface area contributed by atoms with Gasteiger partial charge in [0.25, 0.3) is 5.69 Å². The molecule has 1 heterocycles. The Balaban J connectivity index is 2.12. The molecule has 1 aromatic carbocycles. The third-order valence-corrected chi connectivity index (χ3v) is 2.52. The van der Waals surface area contributed by atoms with Crippen LogP contribution in [0.25, 0.3) is 0 Å². The van der Waals surface area contributed by atoms with Crippen LogP contribution in [0, 0.1) is 10.1 Å². The smallest absolute Gasteiger partial charge is 0.292 e. The number of nitro benzene ring substituents is 1. The van der Waals surface area contributed by atoms with Gasteiger partial charge in [-0.15, -0.1) is 5.10 Å². The zero-order valence-corrected chi connectivity index (χ0v) is 8.98. The number of nitrogens with one attached hydrogen (secondary N) is 1. The van der Waals surface area contributed by atoms with Gasteiger partial charge < -0.3 is 5.32 Å². The fourth-order valence-corrected chi connectivity index (χ4v) is 1.68. The first-order chi connectivity index (χ1) is 7.77. The van der Waals surface area contributed by atoms with Crippen molar-refractivity contribution in [3.63, 3.8) is 0 Å². The fraction of sp³-hybridized carbons (Fsp3) is 0.111. The van der Waals surface area contributed by atoms with Crippen LogP contribution in [0.1, 0.15) is 5.69 Å². The number of hydrogen-bond donors (Lipinski definition) is 1. The van der Waals surface area contributed by atoms with Gasteiger partial charge in [0, 0.05) is 11.4 Å². The molecule has 82 valence electrons. The lowest BCUT2D eigenvalue weighted by molar-refractivity contribution is -0.384. The van der Waals surface area contributed by atoms with Gasteiger partial charge in [-0.1, -0.05) is 16.6 Å². The SMILES string of the molecule is O=[N+]([O-])c1ccccc1NCc1csnn1. The molecule has 0 saturated heterocycles. The Morgan fingerprint density at radius 1 is 1.44 bits per heavy atom. The summed E-state index contributed by atoms with van der Waals surface area (Å²) in [6, 6.07) is 6.50. The maximum absolute atomic E-state index is 10.7. The highest BCUT2D eigenvalue weighted by Crippen LogP contribution is 2.23. The summed E-state index contributed by atoms with van der Waals surface area (Å²) >= 11 is 1.25. The maximum atomic E-state index is 10.7. The molecule has 0 aliphatic rings. The molecule has 0 atom stereocenters. The lowest BCUT2D eigenvalue weighted by Gasteiger charge is -2.04. The number of benzene rings is 1. The van der Waals surface area contributed by atoms with Crippen LogP contribution in [0.15, 0.2) is 29.6 Å². The zero-order valence-electron chi connectivity index (χ0n) is 8.16. The molecule has 2 aromatic rings. The average molecular weight is 236 g/mol. The van der Waals surface area contributed by atoms with Crippen LogP contribution in [-0.2, 0) is 6.54 Å². The minimum Gasteiger partial charge on any atom is -0.374 e. The van der Waals surface area contributed by atoms with E-state index in [1.807, 2.05) is 0 Å². The van der Waals surface area contributed by atoms with Crippen molar-refractivity contribution >= 4 is 22.9 Å². The fourth-order valence-electron chi connectivity index (χ4n) is 1.23. The van der Waals surface area contributed by atoms with E-state index in [-0.39, 0.29) is 5.69 Å². The number of hydrogen-bond acceptors (Lipinski definition) is 6. The normalized spacial score (nSPS) is 10.0. The topological polar surface area (TPSA) is 81.0 Å². The van der Waals surface area contributed by atoms with E-state index in [0.717, 1.165) is 5.69 Å². The van der Waals surface area contributed by atoms with Gasteiger partial charge in [0.15, 0.2) is 0 Å². The molecule has 2 rings (SSSR count). The number of rotatable bonds is 4. The molecule has 0 unspecified atom stereocenters. The van der Waals surface area contributed by atoms with Gasteiger partial charge in [-0.25, -0.2) is 0 Å². The van der Waals surface area contributed by atoms with Crippen LogP contribution in [0.5, 0.6) is 0 Å². The molecule has 1 N–H and O–H groups in total. The molecule has 7 heteroatoms. The van der Waals surface area contributed by atoms with Crippen molar-refractivity contribution in [2.24, 2.45) is 0 Å². The Bertz CT molecular complexity index is 486. The van der Waals surface area contributed by atoms with Crippen LogP contribution >= 0.6 is 11.5 Å². The number of para-hydroxylation sites is 2. The summed E-state index contributed by atoms with van der Waals surface area (Å²) in [5, 5.41) is 19.3. The van der Waals surface area contributed by atoms with Crippen molar-refractivity contribution in [3.8, 4) is 0 Å². The number of anilines is 1. The Morgan fingerprint density at radius 2 is 2.25 bits per heavy atom. The van der Waals surface area contributed by atoms with E-state index in [9.17, 15) is 10.1 Å². The highest BCUT2D eigenvalue weighted by Gasteiger charge is 2.11. The third-order valence-electron chi connectivity index (χ3n) is 1.97. The second-order valence-electron chi connectivity index (χ2n) is 3.02. The average Bonchev–Trinajstić information content (AvgIpc) is 2.79. The Morgan fingerprint density at radius 3 is 2.94 bits per heavy atom. The third kappa shape index (κ3) is 2.31. The maximum Gasteiger partial charge on any atom is 0.292 e. The molecule has 0 amide bonds. The predicted molar refractivity (Wildman–Crippen MR) is 60.3 cm³/mol. The lowest BCUT2D eigenvalue weighted by Crippen LogP contribution is -2.02. The molecular weight excluding hydrogens is 228 g/mol. The van der Waals surface area contributed by atoms with Crippen molar-refractivity contribution in [2.45, 2.75) is 6.54 Å². The highest BCUT2D eigenvalue weighted by molar-refractivity contribution is 7.03. The molecule has 0 fully saturated rings. The van der Waals surface area contributed by atoms with Gasteiger partial charge in [-0.2, -0.15) is 0 Å². The van der Waals surface area contributed by atoms with Gasteiger partial charge in [0.1, 0.15) is 5.69 Å². The Kier molecular flexibility index (Phi) is 3.06. The molecule has 0 radical (unpaired) electrons. The largest absolute Gasteiger partial charge is 0.374 e. The predicted octanol–water partition coefficient (Wildman–Crippen LogP) is 2.06. The van der Waals surface area contributed by atoms with E-state index in [4.69, 9.17) is 0 Å². The molecule has 16 heavy (non-hydrogen) atoms. The molecule has 6 nitrogen and oxygen atoms in total. The second-order valence-corrected chi connectivity index (χ2v) is 3.63. The highest BCUT2D eigenvalue weighted by atomic mass is 32.1. The lowest BCUT2D eigenvalue weighted by atomic mass is 10.2. The molecular formula is C9H8N4O2S. The summed E-state index contributed by atoms with van der Waals surface area (Å²) in [5.74, 6) is 0. The summed E-state index contributed by atoms with van der Waals surface area (Å²) in [7, 11) is 0. The Hall–Kier alpha value is -2.02. The molecule has 0 bridgehead atoms. The van der Waals surface area contributed by atoms with Gasteiger partial charge in [0.2, 0.25) is 0 Å². The van der Waals surface area contributed by atoms with E-state index >= 15 is 0 Å². The van der Waals surface area contributed by atoms with Gasteiger partial charge in [-0.05, 0) is 17.6 Å². The van der Waals surface area contributed by atoms with Gasteiger partial charge >= 0.3 is 0 Å². The molecule has 0 saturated carbocycles. The summed E-state index contributed by atoms with van der Waals surface area (Å²) in [5.41, 5.74) is 1.31. The van der Waals surface area contributed by atoms with Crippen LogP contribution in [-0.4, -0.2) is 14.5 Å². The molecule has 0 aliphatic carbocycles. The zero-order chi connectivity index (χ0) is 11.4. The van der Waals surface area contributed by atoms with Gasteiger partial charge in [-0.3, -0.25) is 10.1 Å². The molecule has 1 aromatic heterocycles. The van der Waals surface area contributed by atoms with Crippen LogP contribution in [0.4, 0.5) is 11.4 Å². The first-order valence-electron chi connectivity index (χ1n) is 4.50. The molecule has 0 spiro atoms. The quantitative estimate of drug-likeness (QED) is 0.649. The van der Waals surface area contributed by atoms with E-state index < -0.39 is 4.92 Å². The number of nitro groups is 1. The van der Waals surface area contributed by atoms with E-state index in [1.54, 1.807) is 23.6 Å². The van der Waals surface area contributed by atoms with E-state index in [0.29, 0.717) is 12.2 Å². The number of nitrogens with zero attached hydrogens (tertiary/aromatic N) is 3. The minimum atomic E-state index is -0.415. The molecule has 0 aliphatic heterocycles. The summed E-state index contributed by atoms with van der Waals surface area (Å²) < 4.78 is 3.71. The number of aromatic nitrogens is 2. The van der Waals surface area contributed by atoms with E-state index in [1.165, 1.54) is 17.6 Å². The van der Waals surface area contributed by atoms with Crippen molar-refractivity contribution in [1.82, 2.24) is 9.59 Å². The van der Waals surface area contributed by atoms with Crippen molar-refractivity contribution in [1.29, 1.82) is 0 Å². The summed E-state index contributed by atoms with van der Waals surface area (Å²) in [6.45, 7) is 0.432. The van der Waals surface area contributed by atoms with Crippen LogP contribution in [0.2, 0.25) is 0 Å². The van der Waals surface area contributed by atoms with Crippen molar-refractivity contribution in [2.75, 3.05) is 5.32 Å². The van der Waals surface area contributed by atoms with Gasteiger partial charge in [0.05, 0.1) is 17.2 Å². The Labute approximate surface area is 95.2 Å². The first kappa shape index (κ1) is 10.5. The monoisotopic (exact) mass is 236 g/mol. The van der Waals surface area contributed by atoms with Crippen LogP contribution < -0.4 is 5.32 Å². The van der Waals surface area contributed by atoms with Crippen LogP contribution in [0.3, 0.4) is 0 Å². The standard InChI is InChI=1S/C9H8N4O2S/c14-13(15)9-4-2-1-3-8(9)10-5-7-6-16-12-11-7/h1-4,6,10H,5H2. The van der Waals surface area contributed by atoms with Crippen molar-refractivity contribution in [3.05, 3.63) is 45.5 Å². The summed E-state index contributed by atoms with van der Waals surface area (Å²) in [4.78, 5) is 10.3. The summed E-state index contributed by atoms with van der Waals surface area (Å²) in [6.07, 6.45) is 0.